The van der Waals surface area contributed by atoms with Gasteiger partial charge in [-0.25, -0.2) is 9.98 Å². The summed E-state index contributed by atoms with van der Waals surface area (Å²) in [4.78, 5) is 8.44. The lowest BCUT2D eigenvalue weighted by molar-refractivity contribution is -0.133. The maximum Gasteiger partial charge on any atom is 0.319 e. The lowest BCUT2D eigenvalue weighted by Gasteiger charge is -2.55. The van der Waals surface area contributed by atoms with Gasteiger partial charge < -0.3 is 15.4 Å². The molecule has 1 saturated carbocycles. The van der Waals surface area contributed by atoms with Crippen LogP contribution in [0.1, 0.15) is 59.3 Å². The highest BCUT2D eigenvalue weighted by Gasteiger charge is 2.53. The van der Waals surface area contributed by atoms with E-state index in [-0.39, 0.29) is 29.9 Å². The van der Waals surface area contributed by atoms with Crippen molar-refractivity contribution in [3.8, 4) is 0 Å². The van der Waals surface area contributed by atoms with Crippen LogP contribution >= 0.6 is 0 Å². The van der Waals surface area contributed by atoms with Crippen molar-refractivity contribution in [3.05, 3.63) is 18.2 Å². The smallest absolute Gasteiger partial charge is 0.319 e. The Morgan fingerprint density at radius 1 is 1.38 bits per heavy atom. The van der Waals surface area contributed by atoms with Crippen LogP contribution in [-0.4, -0.2) is 40.8 Å². The number of aromatic nitrogens is 2. The fourth-order valence-electron chi connectivity index (χ4n) is 3.86. The first-order valence-corrected chi connectivity index (χ1v) is 9.48. The molecule has 6 nitrogen and oxygen atoms in total. The van der Waals surface area contributed by atoms with E-state index in [1.54, 1.807) is 0 Å². The van der Waals surface area contributed by atoms with Gasteiger partial charge in [0.05, 0.1) is 6.10 Å². The average molecular weight is 371 g/mol. The van der Waals surface area contributed by atoms with E-state index in [0.717, 1.165) is 23.8 Å². The molecule has 0 spiro atoms. The zero-order valence-electron chi connectivity index (χ0n) is 16.1. The predicted octanol–water partition coefficient (Wildman–Crippen LogP) is 3.32. The Balaban J connectivity index is 2.09. The number of nitrogens with one attached hydrogen (secondary N) is 2. The van der Waals surface area contributed by atoms with Crippen LogP contribution in [0.15, 0.2) is 17.4 Å². The van der Waals surface area contributed by atoms with Crippen LogP contribution in [-0.2, 0) is 11.3 Å². The molecule has 0 aromatic carbocycles. The molecule has 26 heavy (non-hydrogen) atoms. The maximum atomic E-state index is 12.9. The molecule has 1 aromatic rings. The Kier molecular flexibility index (Phi) is 7.37. The first-order chi connectivity index (χ1) is 12.5. The monoisotopic (exact) mass is 371 g/mol. The molecule has 1 aliphatic rings. The third-order valence-electron chi connectivity index (χ3n) is 5.46. The van der Waals surface area contributed by atoms with Gasteiger partial charge in [-0.2, -0.15) is 8.78 Å². The number of imidazole rings is 1. The van der Waals surface area contributed by atoms with Gasteiger partial charge in [0, 0.05) is 37.0 Å². The van der Waals surface area contributed by atoms with E-state index >= 15 is 0 Å². The number of ether oxygens (including phenoxy) is 1. The summed E-state index contributed by atoms with van der Waals surface area (Å²) < 4.78 is 32.6. The molecule has 2 unspecified atom stereocenters. The first-order valence-electron chi connectivity index (χ1n) is 9.48. The lowest BCUT2D eigenvalue weighted by Crippen LogP contribution is -2.65. The molecule has 2 N–H and O–H groups in total. The topological polar surface area (TPSA) is 63.5 Å². The molecular formula is C18H31F2N5O. The van der Waals surface area contributed by atoms with Crippen molar-refractivity contribution < 1.29 is 13.5 Å². The zero-order valence-corrected chi connectivity index (χ0v) is 16.1. The van der Waals surface area contributed by atoms with Gasteiger partial charge in [-0.3, -0.25) is 4.57 Å². The van der Waals surface area contributed by atoms with Gasteiger partial charge in [-0.15, -0.1) is 0 Å². The molecule has 1 heterocycles. The van der Waals surface area contributed by atoms with Crippen molar-refractivity contribution in [2.75, 3.05) is 13.2 Å². The van der Waals surface area contributed by atoms with Gasteiger partial charge in [0.1, 0.15) is 12.4 Å². The Labute approximate surface area is 154 Å². The summed E-state index contributed by atoms with van der Waals surface area (Å²) in [5.74, 6) is 0.873. The highest BCUT2D eigenvalue weighted by molar-refractivity contribution is 5.80. The average Bonchev–Trinajstić information content (AvgIpc) is 3.08. The second kappa shape index (κ2) is 9.30. The molecule has 1 fully saturated rings. The second-order valence-corrected chi connectivity index (χ2v) is 6.54. The summed E-state index contributed by atoms with van der Waals surface area (Å²) in [7, 11) is 0. The fraction of sp³-hybridized carbons (Fsp3) is 0.778. The summed E-state index contributed by atoms with van der Waals surface area (Å²) in [6, 6.07) is 0.252. The number of hydrogen-bond acceptors (Lipinski definition) is 3. The molecule has 2 atom stereocenters. The van der Waals surface area contributed by atoms with E-state index in [1.807, 2.05) is 13.8 Å². The predicted molar refractivity (Wildman–Crippen MR) is 98.3 cm³/mol. The van der Waals surface area contributed by atoms with E-state index in [9.17, 15) is 8.78 Å². The van der Waals surface area contributed by atoms with Crippen molar-refractivity contribution in [3.63, 3.8) is 0 Å². The van der Waals surface area contributed by atoms with E-state index in [0.29, 0.717) is 19.1 Å². The molecule has 0 radical (unpaired) electrons. The summed E-state index contributed by atoms with van der Waals surface area (Å²) in [6.07, 6.45) is 5.84. The summed E-state index contributed by atoms with van der Waals surface area (Å²) >= 11 is 0. The molecule has 0 aliphatic heterocycles. The van der Waals surface area contributed by atoms with Gasteiger partial charge in [0.2, 0.25) is 0 Å². The third kappa shape index (κ3) is 4.16. The van der Waals surface area contributed by atoms with Gasteiger partial charge >= 0.3 is 6.55 Å². The molecule has 8 heteroatoms. The van der Waals surface area contributed by atoms with Crippen molar-refractivity contribution >= 4 is 5.96 Å². The Hall–Kier alpha value is -1.70. The van der Waals surface area contributed by atoms with Crippen LogP contribution in [0.3, 0.4) is 0 Å². The standard InChI is InChI=1S/C18H31F2N5O/c1-5-18(6-2)13(11-14(18)26-8-4)24-17(21-7-3)23-12-15-22-9-10-25(15)16(19)20/h9-10,13-14,16H,5-8,11-12H2,1-4H3,(H2,21,23,24). The number of alkyl halides is 2. The lowest BCUT2D eigenvalue weighted by atomic mass is 9.58. The summed E-state index contributed by atoms with van der Waals surface area (Å²) in [5, 5.41) is 6.68. The number of rotatable bonds is 9. The minimum absolute atomic E-state index is 0.0770. The zero-order chi connectivity index (χ0) is 19.2. The van der Waals surface area contributed by atoms with Gasteiger partial charge in [0.15, 0.2) is 5.96 Å². The quantitative estimate of drug-likeness (QED) is 0.516. The van der Waals surface area contributed by atoms with E-state index in [4.69, 9.17) is 4.74 Å². The van der Waals surface area contributed by atoms with E-state index in [1.165, 1.54) is 12.4 Å². The highest BCUT2D eigenvalue weighted by Crippen LogP contribution is 2.48. The van der Waals surface area contributed by atoms with Crippen LogP contribution in [0.25, 0.3) is 0 Å². The van der Waals surface area contributed by atoms with Crippen LogP contribution in [0.4, 0.5) is 8.78 Å². The fourth-order valence-corrected chi connectivity index (χ4v) is 3.86. The largest absolute Gasteiger partial charge is 0.378 e. The first kappa shape index (κ1) is 20.6. The highest BCUT2D eigenvalue weighted by atomic mass is 19.3. The number of aliphatic imine (C=N–C) groups is 1. The number of halogens is 2. The van der Waals surface area contributed by atoms with Gasteiger partial charge in [-0.1, -0.05) is 13.8 Å². The van der Waals surface area contributed by atoms with Crippen LogP contribution in [0.2, 0.25) is 0 Å². The molecule has 148 valence electrons. The van der Waals surface area contributed by atoms with Crippen LogP contribution in [0.5, 0.6) is 0 Å². The van der Waals surface area contributed by atoms with Crippen LogP contribution < -0.4 is 10.6 Å². The Bertz CT molecular complexity index is 586. The molecule has 1 aliphatic carbocycles. The minimum Gasteiger partial charge on any atom is -0.378 e. The minimum atomic E-state index is -2.61. The maximum absolute atomic E-state index is 12.9. The van der Waals surface area contributed by atoms with Crippen molar-refractivity contribution in [1.29, 1.82) is 0 Å². The van der Waals surface area contributed by atoms with Crippen molar-refractivity contribution in [1.82, 2.24) is 20.2 Å². The summed E-state index contributed by atoms with van der Waals surface area (Å²) in [6.45, 7) is 7.27. The third-order valence-corrected chi connectivity index (χ3v) is 5.46. The Morgan fingerprint density at radius 2 is 2.12 bits per heavy atom. The molecule has 1 aromatic heterocycles. The van der Waals surface area contributed by atoms with Gasteiger partial charge in [0.25, 0.3) is 0 Å². The number of hydrogen-bond donors (Lipinski definition) is 2. The molecule has 0 amide bonds. The Morgan fingerprint density at radius 3 is 2.69 bits per heavy atom. The van der Waals surface area contributed by atoms with Crippen LogP contribution in [0, 0.1) is 5.41 Å². The van der Waals surface area contributed by atoms with Crippen molar-refractivity contribution in [2.24, 2.45) is 10.4 Å². The molecule has 0 saturated heterocycles. The number of nitrogens with zero attached hydrogens (tertiary/aromatic N) is 3. The van der Waals surface area contributed by atoms with Crippen molar-refractivity contribution in [2.45, 2.75) is 72.2 Å². The van der Waals surface area contributed by atoms with E-state index in [2.05, 4.69) is 34.5 Å². The van der Waals surface area contributed by atoms with Gasteiger partial charge in [-0.05, 0) is 33.1 Å². The number of guanidine groups is 1. The normalized spacial score (nSPS) is 22.3. The SMILES string of the molecule is CCNC(=NCc1nccn1C(F)F)NC1CC(OCC)C1(CC)CC. The molecular weight excluding hydrogens is 340 g/mol. The second-order valence-electron chi connectivity index (χ2n) is 6.54. The van der Waals surface area contributed by atoms with E-state index < -0.39 is 6.55 Å². The summed E-state index contributed by atoms with van der Waals surface area (Å²) in [5.41, 5.74) is 0.0770. The molecule has 0 bridgehead atoms. The molecule has 2 rings (SSSR count).